The van der Waals surface area contributed by atoms with Gasteiger partial charge in [0.15, 0.2) is 5.78 Å². The van der Waals surface area contributed by atoms with Crippen molar-refractivity contribution in [1.29, 1.82) is 0 Å². The summed E-state index contributed by atoms with van der Waals surface area (Å²) in [5.74, 6) is 1.06. The van der Waals surface area contributed by atoms with E-state index in [4.69, 9.17) is 15.5 Å². The summed E-state index contributed by atoms with van der Waals surface area (Å²) in [7, 11) is -4.02. The van der Waals surface area contributed by atoms with Gasteiger partial charge in [0.05, 0.1) is 11.0 Å². The molecule has 1 aliphatic carbocycles. The molecule has 0 aromatic carbocycles. The fourth-order valence-electron chi connectivity index (χ4n) is 4.03. The second kappa shape index (κ2) is 11.0. The molecule has 4 N–H and O–H groups in total. The second-order valence-corrected chi connectivity index (χ2v) is 11.4. The Morgan fingerprint density at radius 1 is 1.25 bits per heavy atom. The highest BCUT2D eigenvalue weighted by molar-refractivity contribution is 7.51. The van der Waals surface area contributed by atoms with Gasteiger partial charge in [0.2, 0.25) is 0 Å². The van der Waals surface area contributed by atoms with Gasteiger partial charge >= 0.3 is 7.60 Å². The molecule has 1 heterocycles. The van der Waals surface area contributed by atoms with E-state index < -0.39 is 13.1 Å². The van der Waals surface area contributed by atoms with E-state index >= 15 is 0 Å². The summed E-state index contributed by atoms with van der Waals surface area (Å²) >= 11 is 1.54. The van der Waals surface area contributed by atoms with Crippen molar-refractivity contribution in [3.8, 4) is 0 Å². The van der Waals surface area contributed by atoms with Crippen molar-refractivity contribution in [3.63, 3.8) is 0 Å². The van der Waals surface area contributed by atoms with Crippen LogP contribution in [0.4, 0.5) is 0 Å². The molecular weight excluding hydrogens is 393 g/mol. The molecule has 1 aromatic rings. The molecule has 1 aliphatic rings. The molecule has 1 atom stereocenters. The predicted octanol–water partition coefficient (Wildman–Crippen LogP) is 5.29. The summed E-state index contributed by atoms with van der Waals surface area (Å²) in [6.45, 7) is 1.95. The number of Topliss-reactive ketones (excluding diaryl/α,β-unsaturated/α-hetero) is 1. The number of aryl methyl sites for hydroxylation is 1. The molecule has 5 nitrogen and oxygen atoms in total. The minimum atomic E-state index is -4.02. The van der Waals surface area contributed by atoms with Gasteiger partial charge in [0, 0.05) is 16.8 Å². The average molecular weight is 430 g/mol. The Morgan fingerprint density at radius 2 is 1.96 bits per heavy atom. The number of ketones is 1. The SMILES string of the molecule is CCC(N)(CCc1ccc(C(=O)CCCC2CCCCC2)s1)CCP(=O)(O)O. The van der Waals surface area contributed by atoms with E-state index in [0.29, 0.717) is 25.7 Å². The number of carbonyl (C=O) groups is 1. The highest BCUT2D eigenvalue weighted by Crippen LogP contribution is 2.38. The first-order valence-electron chi connectivity index (χ1n) is 10.7. The summed E-state index contributed by atoms with van der Waals surface area (Å²) in [5.41, 5.74) is 5.78. The summed E-state index contributed by atoms with van der Waals surface area (Å²) < 4.78 is 11.1. The molecule has 1 unspecified atom stereocenters. The Hall–Kier alpha value is -0.520. The van der Waals surface area contributed by atoms with Gasteiger partial charge in [0.25, 0.3) is 0 Å². The molecule has 1 saturated carbocycles. The maximum atomic E-state index is 12.5. The Kier molecular flexibility index (Phi) is 9.36. The largest absolute Gasteiger partial charge is 0.325 e. The first kappa shape index (κ1) is 23.8. The van der Waals surface area contributed by atoms with Crippen molar-refractivity contribution >= 4 is 24.7 Å². The Bertz CT molecular complexity index is 665. The summed E-state index contributed by atoms with van der Waals surface area (Å²) in [6.07, 6.45) is 11.7. The highest BCUT2D eigenvalue weighted by atomic mass is 32.1. The van der Waals surface area contributed by atoms with Crippen LogP contribution in [0.1, 0.15) is 92.1 Å². The quantitative estimate of drug-likeness (QED) is 0.310. The molecule has 0 amide bonds. The molecule has 7 heteroatoms. The zero-order valence-electron chi connectivity index (χ0n) is 17.1. The number of thiophene rings is 1. The minimum absolute atomic E-state index is 0.174. The van der Waals surface area contributed by atoms with E-state index in [0.717, 1.165) is 28.5 Å². The van der Waals surface area contributed by atoms with Gasteiger partial charge in [0.1, 0.15) is 0 Å². The lowest BCUT2D eigenvalue weighted by Gasteiger charge is -2.28. The lowest BCUT2D eigenvalue weighted by atomic mass is 9.85. The van der Waals surface area contributed by atoms with E-state index in [1.54, 1.807) is 11.3 Å². The standard InChI is InChI=1S/C21H36NO4PS/c1-2-21(22,15-16-27(24,25)26)14-13-18-11-12-20(28-18)19(23)10-6-9-17-7-4-3-5-8-17/h11-12,17H,2-10,13-16,22H2,1H3,(H2,24,25,26). The van der Waals surface area contributed by atoms with Crippen LogP contribution in [-0.2, 0) is 11.0 Å². The van der Waals surface area contributed by atoms with Crippen molar-refractivity contribution in [2.75, 3.05) is 6.16 Å². The molecule has 0 spiro atoms. The molecule has 1 fully saturated rings. The van der Waals surface area contributed by atoms with Gasteiger partial charge < -0.3 is 15.5 Å². The molecule has 160 valence electrons. The van der Waals surface area contributed by atoms with Crippen LogP contribution in [-0.4, -0.2) is 27.3 Å². The molecule has 2 rings (SSSR count). The maximum absolute atomic E-state index is 12.5. The van der Waals surface area contributed by atoms with E-state index in [-0.39, 0.29) is 11.9 Å². The first-order chi connectivity index (χ1) is 13.2. The fraction of sp³-hybridized carbons (Fsp3) is 0.762. The summed E-state index contributed by atoms with van der Waals surface area (Å²) in [5, 5.41) is 0. The highest BCUT2D eigenvalue weighted by Gasteiger charge is 2.27. The van der Waals surface area contributed by atoms with E-state index in [1.165, 1.54) is 38.5 Å². The number of hydrogen-bond donors (Lipinski definition) is 3. The van der Waals surface area contributed by atoms with Crippen LogP contribution in [0, 0.1) is 5.92 Å². The van der Waals surface area contributed by atoms with Crippen molar-refractivity contribution in [3.05, 3.63) is 21.9 Å². The van der Waals surface area contributed by atoms with Crippen LogP contribution < -0.4 is 5.73 Å². The Labute approximate surface area is 173 Å². The molecule has 0 aliphatic heterocycles. The number of hydrogen-bond acceptors (Lipinski definition) is 4. The Morgan fingerprint density at radius 3 is 2.61 bits per heavy atom. The molecular formula is C21H36NO4PS. The second-order valence-electron chi connectivity index (χ2n) is 8.44. The van der Waals surface area contributed by atoms with Crippen LogP contribution in [0.2, 0.25) is 0 Å². The van der Waals surface area contributed by atoms with E-state index in [2.05, 4.69) is 0 Å². The van der Waals surface area contributed by atoms with E-state index in [9.17, 15) is 9.36 Å². The lowest BCUT2D eigenvalue weighted by Crippen LogP contribution is -2.40. The molecule has 28 heavy (non-hydrogen) atoms. The van der Waals surface area contributed by atoms with Crippen LogP contribution >= 0.6 is 18.9 Å². The van der Waals surface area contributed by atoms with Crippen molar-refractivity contribution in [2.45, 2.75) is 89.5 Å². The van der Waals surface area contributed by atoms with Gasteiger partial charge in [-0.05, 0) is 50.2 Å². The van der Waals surface area contributed by atoms with Crippen molar-refractivity contribution < 1.29 is 19.1 Å². The molecule has 1 aromatic heterocycles. The van der Waals surface area contributed by atoms with Crippen molar-refractivity contribution in [1.82, 2.24) is 0 Å². The fourth-order valence-corrected chi connectivity index (χ4v) is 5.74. The zero-order chi connectivity index (χ0) is 20.6. The number of rotatable bonds is 12. The molecule has 0 bridgehead atoms. The average Bonchev–Trinajstić information content (AvgIpc) is 3.14. The molecule has 0 saturated heterocycles. The van der Waals surface area contributed by atoms with Crippen LogP contribution in [0.15, 0.2) is 12.1 Å². The van der Waals surface area contributed by atoms with Crippen LogP contribution in [0.25, 0.3) is 0 Å². The lowest BCUT2D eigenvalue weighted by molar-refractivity contribution is 0.0980. The normalized spacial score (nSPS) is 18.1. The first-order valence-corrected chi connectivity index (χ1v) is 13.3. The van der Waals surface area contributed by atoms with Crippen LogP contribution in [0.5, 0.6) is 0 Å². The monoisotopic (exact) mass is 429 g/mol. The van der Waals surface area contributed by atoms with Crippen LogP contribution in [0.3, 0.4) is 0 Å². The third-order valence-electron chi connectivity index (χ3n) is 6.15. The number of carbonyl (C=O) groups excluding carboxylic acids is 1. The van der Waals surface area contributed by atoms with Gasteiger partial charge in [-0.1, -0.05) is 45.4 Å². The third kappa shape index (κ3) is 8.46. The van der Waals surface area contributed by atoms with Gasteiger partial charge in [-0.2, -0.15) is 0 Å². The Balaban J connectivity index is 1.77. The maximum Gasteiger partial charge on any atom is 0.325 e. The minimum Gasteiger partial charge on any atom is -0.325 e. The van der Waals surface area contributed by atoms with Gasteiger partial charge in [-0.15, -0.1) is 11.3 Å². The third-order valence-corrected chi connectivity index (χ3v) is 8.14. The van der Waals surface area contributed by atoms with Gasteiger partial charge in [-0.25, -0.2) is 0 Å². The van der Waals surface area contributed by atoms with Crippen molar-refractivity contribution in [2.24, 2.45) is 11.7 Å². The van der Waals surface area contributed by atoms with E-state index in [1.807, 2.05) is 19.1 Å². The number of nitrogens with two attached hydrogens (primary N) is 1. The smallest absolute Gasteiger partial charge is 0.325 e. The van der Waals surface area contributed by atoms with Gasteiger partial charge in [-0.3, -0.25) is 9.36 Å². The predicted molar refractivity (Wildman–Crippen MR) is 116 cm³/mol. The molecule has 0 radical (unpaired) electrons. The summed E-state index contributed by atoms with van der Waals surface area (Å²) in [4.78, 5) is 32.6. The topological polar surface area (TPSA) is 101 Å². The summed E-state index contributed by atoms with van der Waals surface area (Å²) in [6, 6.07) is 3.92. The zero-order valence-corrected chi connectivity index (χ0v) is 18.8.